The lowest BCUT2D eigenvalue weighted by atomic mass is 10.1. The van der Waals surface area contributed by atoms with Crippen molar-refractivity contribution in [3.8, 4) is 11.5 Å². The Morgan fingerprint density at radius 1 is 1.06 bits per heavy atom. The monoisotopic (exact) mass is 504 g/mol. The number of hydrogen-bond donors (Lipinski definition) is 2. The molecule has 2 rings (SSSR count). The maximum Gasteiger partial charge on any atom is 0.336 e. The molecule has 190 valence electrons. The number of carbonyl (C=O) groups excluding carboxylic acids is 2. The fraction of sp³-hybridized carbons (Fsp3) is 0.400. The average molecular weight is 505 g/mol. The number of anilines is 1. The SMILES string of the molecule is CCCOCCOc1cc(CCC(=O)N(C)CC(=O)Nc2ccc(C(=O)O)c(P)c2)ccc1OC. The predicted octanol–water partition coefficient (Wildman–Crippen LogP) is 2.73. The molecule has 0 radical (unpaired) electrons. The van der Waals surface area contributed by atoms with E-state index in [1.807, 2.05) is 19.1 Å². The molecule has 0 fully saturated rings. The van der Waals surface area contributed by atoms with E-state index in [0.29, 0.717) is 48.7 Å². The third-order valence-corrected chi connectivity index (χ3v) is 5.54. The Bertz CT molecular complexity index is 1030. The van der Waals surface area contributed by atoms with E-state index in [-0.39, 0.29) is 30.3 Å². The van der Waals surface area contributed by atoms with Crippen LogP contribution in [0.3, 0.4) is 0 Å². The summed E-state index contributed by atoms with van der Waals surface area (Å²) in [4.78, 5) is 37.4. The van der Waals surface area contributed by atoms with E-state index in [1.54, 1.807) is 26.3 Å². The van der Waals surface area contributed by atoms with Gasteiger partial charge in [-0.05, 0) is 54.0 Å². The number of nitrogens with zero attached hydrogens (tertiary/aromatic N) is 1. The normalized spacial score (nSPS) is 10.5. The molecule has 2 N–H and O–H groups in total. The summed E-state index contributed by atoms with van der Waals surface area (Å²) in [5, 5.41) is 12.2. The molecular weight excluding hydrogens is 471 g/mol. The highest BCUT2D eigenvalue weighted by Crippen LogP contribution is 2.28. The molecule has 2 aromatic rings. The quantitative estimate of drug-likeness (QED) is 0.300. The maximum atomic E-state index is 12.6. The number of aryl methyl sites for hydroxylation is 1. The van der Waals surface area contributed by atoms with Gasteiger partial charge in [0.15, 0.2) is 11.5 Å². The van der Waals surface area contributed by atoms with Gasteiger partial charge in [0.05, 0.1) is 25.8 Å². The topological polar surface area (TPSA) is 114 Å². The molecule has 0 saturated carbocycles. The zero-order chi connectivity index (χ0) is 25.8. The molecule has 9 nitrogen and oxygen atoms in total. The van der Waals surface area contributed by atoms with Crippen LogP contribution < -0.4 is 20.1 Å². The summed E-state index contributed by atoms with van der Waals surface area (Å²) >= 11 is 0. The van der Waals surface area contributed by atoms with E-state index in [1.165, 1.54) is 17.0 Å². The number of carboxylic acids is 1. The van der Waals surface area contributed by atoms with Crippen LogP contribution in [-0.4, -0.2) is 68.3 Å². The van der Waals surface area contributed by atoms with Crippen molar-refractivity contribution in [3.63, 3.8) is 0 Å². The number of nitrogens with one attached hydrogen (secondary N) is 1. The number of aromatic carboxylic acids is 1. The Morgan fingerprint density at radius 3 is 2.49 bits per heavy atom. The first-order valence-electron chi connectivity index (χ1n) is 11.3. The first-order valence-corrected chi connectivity index (χ1v) is 11.9. The van der Waals surface area contributed by atoms with E-state index in [4.69, 9.17) is 19.3 Å². The summed E-state index contributed by atoms with van der Waals surface area (Å²) < 4.78 is 16.5. The highest BCUT2D eigenvalue weighted by molar-refractivity contribution is 7.27. The van der Waals surface area contributed by atoms with Crippen LogP contribution in [0.25, 0.3) is 0 Å². The summed E-state index contributed by atoms with van der Waals surface area (Å²) in [5.41, 5.74) is 1.50. The largest absolute Gasteiger partial charge is 0.493 e. The Kier molecular flexibility index (Phi) is 11.5. The Balaban J connectivity index is 1.86. The van der Waals surface area contributed by atoms with E-state index in [9.17, 15) is 14.4 Å². The zero-order valence-electron chi connectivity index (χ0n) is 20.3. The van der Waals surface area contributed by atoms with Crippen molar-refractivity contribution in [2.45, 2.75) is 26.2 Å². The van der Waals surface area contributed by atoms with Gasteiger partial charge in [-0.15, -0.1) is 9.24 Å². The first kappa shape index (κ1) is 28.1. The van der Waals surface area contributed by atoms with Crippen LogP contribution in [-0.2, 0) is 20.7 Å². The number of carbonyl (C=O) groups is 3. The van der Waals surface area contributed by atoms with Crippen molar-refractivity contribution in [2.75, 3.05) is 45.8 Å². The number of amides is 2. The van der Waals surface area contributed by atoms with Crippen LogP contribution in [0.5, 0.6) is 11.5 Å². The molecule has 10 heteroatoms. The second-order valence-electron chi connectivity index (χ2n) is 7.85. The van der Waals surface area contributed by atoms with Gasteiger partial charge >= 0.3 is 5.97 Å². The Hall–Kier alpha value is -3.16. The van der Waals surface area contributed by atoms with Crippen LogP contribution in [0.1, 0.15) is 35.7 Å². The molecule has 1 atom stereocenters. The minimum atomic E-state index is -1.05. The van der Waals surface area contributed by atoms with Crippen LogP contribution in [0, 0.1) is 0 Å². The Morgan fingerprint density at radius 2 is 1.83 bits per heavy atom. The molecule has 0 bridgehead atoms. The van der Waals surface area contributed by atoms with Crippen molar-refractivity contribution in [2.24, 2.45) is 0 Å². The predicted molar refractivity (Wildman–Crippen MR) is 137 cm³/mol. The summed E-state index contributed by atoms with van der Waals surface area (Å²) in [6.45, 7) is 3.48. The molecule has 0 heterocycles. The highest BCUT2D eigenvalue weighted by Gasteiger charge is 2.15. The number of rotatable bonds is 14. The molecule has 2 aromatic carbocycles. The standard InChI is InChI=1S/C25H33N2O7P/c1-4-11-33-12-13-34-21-14-17(5-9-20(21)32-3)6-10-24(29)27(2)16-23(28)26-18-7-8-19(25(30)31)22(35)15-18/h5,7-9,14-15H,4,6,10-13,16,35H2,1-3H3,(H,26,28)(H,30,31). The van der Waals surface area contributed by atoms with Gasteiger partial charge in [0.25, 0.3) is 0 Å². The molecule has 0 spiro atoms. The van der Waals surface area contributed by atoms with Gasteiger partial charge in [-0.1, -0.05) is 13.0 Å². The second kappa shape index (κ2) is 14.3. The number of hydrogen-bond acceptors (Lipinski definition) is 6. The molecule has 35 heavy (non-hydrogen) atoms. The lowest BCUT2D eigenvalue weighted by Crippen LogP contribution is -2.35. The van der Waals surface area contributed by atoms with Gasteiger partial charge < -0.3 is 29.5 Å². The summed E-state index contributed by atoms with van der Waals surface area (Å²) in [6, 6.07) is 10.00. The van der Waals surface area contributed by atoms with Crippen molar-refractivity contribution in [1.29, 1.82) is 0 Å². The minimum absolute atomic E-state index is 0.125. The molecule has 0 aromatic heterocycles. The number of benzene rings is 2. The molecule has 0 saturated heterocycles. The summed E-state index contributed by atoms with van der Waals surface area (Å²) in [6.07, 6.45) is 1.64. The Labute approximate surface area is 207 Å². The van der Waals surface area contributed by atoms with Crippen LogP contribution in [0.4, 0.5) is 5.69 Å². The van der Waals surface area contributed by atoms with E-state index in [2.05, 4.69) is 14.6 Å². The smallest absolute Gasteiger partial charge is 0.336 e. The third kappa shape index (κ3) is 9.19. The summed E-state index contributed by atoms with van der Waals surface area (Å²) in [5.74, 6) is -0.408. The molecule has 0 aliphatic carbocycles. The van der Waals surface area contributed by atoms with Crippen LogP contribution >= 0.6 is 9.24 Å². The number of ether oxygens (including phenoxy) is 3. The number of methoxy groups -OCH3 is 1. The fourth-order valence-electron chi connectivity index (χ4n) is 3.23. The molecule has 1 unspecified atom stereocenters. The van der Waals surface area contributed by atoms with Gasteiger partial charge in [0.2, 0.25) is 11.8 Å². The fourth-order valence-corrected chi connectivity index (χ4v) is 3.63. The van der Waals surface area contributed by atoms with Gasteiger partial charge in [-0.2, -0.15) is 0 Å². The van der Waals surface area contributed by atoms with Crippen molar-refractivity contribution in [3.05, 3.63) is 47.5 Å². The van der Waals surface area contributed by atoms with Crippen LogP contribution in [0.2, 0.25) is 0 Å². The molecule has 0 aliphatic heterocycles. The van der Waals surface area contributed by atoms with Gasteiger partial charge in [-0.3, -0.25) is 9.59 Å². The maximum absolute atomic E-state index is 12.6. The summed E-state index contributed by atoms with van der Waals surface area (Å²) in [7, 11) is 5.46. The van der Waals surface area contributed by atoms with Crippen molar-refractivity contribution >= 4 is 38.0 Å². The lowest BCUT2D eigenvalue weighted by Gasteiger charge is -2.17. The van der Waals surface area contributed by atoms with Gasteiger partial charge in [-0.25, -0.2) is 4.79 Å². The van der Waals surface area contributed by atoms with E-state index in [0.717, 1.165) is 12.0 Å². The van der Waals surface area contributed by atoms with Gasteiger partial charge in [0, 0.05) is 25.8 Å². The molecule has 0 aliphatic rings. The van der Waals surface area contributed by atoms with E-state index >= 15 is 0 Å². The lowest BCUT2D eigenvalue weighted by molar-refractivity contribution is -0.133. The number of carboxylic acid groups (broad SMARTS) is 1. The van der Waals surface area contributed by atoms with Crippen LogP contribution in [0.15, 0.2) is 36.4 Å². The van der Waals surface area contributed by atoms with E-state index < -0.39 is 5.97 Å². The van der Waals surface area contributed by atoms with Crippen molar-refractivity contribution in [1.82, 2.24) is 4.90 Å². The minimum Gasteiger partial charge on any atom is -0.493 e. The number of likely N-dealkylation sites (N-methyl/N-ethyl adjacent to an activating group) is 1. The highest BCUT2D eigenvalue weighted by atomic mass is 31.0. The van der Waals surface area contributed by atoms with Crippen molar-refractivity contribution < 1.29 is 33.7 Å². The second-order valence-corrected chi connectivity index (χ2v) is 8.47. The molecule has 2 amide bonds. The molecular formula is C25H33N2O7P. The third-order valence-electron chi connectivity index (χ3n) is 5.06. The van der Waals surface area contributed by atoms with Gasteiger partial charge in [0.1, 0.15) is 6.61 Å². The zero-order valence-corrected chi connectivity index (χ0v) is 21.5. The first-order chi connectivity index (χ1) is 16.7. The average Bonchev–Trinajstić information content (AvgIpc) is 2.82.